The number of hydrogen-bond acceptors (Lipinski definition) is 10. The van der Waals surface area contributed by atoms with Gasteiger partial charge in [0.05, 0.1) is 31.0 Å². The summed E-state index contributed by atoms with van der Waals surface area (Å²) >= 11 is 5.92. The smallest absolute Gasteiger partial charge is 0.289 e. The maximum Gasteiger partial charge on any atom is 0.289 e. The summed E-state index contributed by atoms with van der Waals surface area (Å²) in [6.07, 6.45) is 1.31. The maximum atomic E-state index is 13.8. The number of amides is 2. The van der Waals surface area contributed by atoms with E-state index in [1.807, 2.05) is 0 Å². The van der Waals surface area contributed by atoms with Crippen LogP contribution in [0.1, 0.15) is 5.56 Å². The number of nitro groups is 1. The van der Waals surface area contributed by atoms with Crippen LogP contribution in [-0.4, -0.2) is 58.7 Å². The SMILES string of the molecule is COc1ccc(N(CC(=O)N/N=C\c2ccc(OCC(=O)Nc3cccc(Cl)c3)cc2)S(=O)(=O)c2ccccc2[N+](=O)[O-])c(OC)c1. The molecule has 0 spiro atoms. The fraction of sp³-hybridized carbons (Fsp3) is 0.129. The molecule has 0 aliphatic rings. The van der Waals surface area contributed by atoms with Crippen LogP contribution in [0.25, 0.3) is 0 Å². The number of sulfonamides is 1. The third-order valence-corrected chi connectivity index (χ3v) is 8.38. The van der Waals surface area contributed by atoms with E-state index in [1.54, 1.807) is 48.5 Å². The summed E-state index contributed by atoms with van der Waals surface area (Å²) in [6, 6.07) is 22.1. The Morgan fingerprint density at radius 3 is 2.34 bits per heavy atom. The molecule has 16 heteroatoms. The summed E-state index contributed by atoms with van der Waals surface area (Å²) in [7, 11) is -1.98. The van der Waals surface area contributed by atoms with Crippen LogP contribution in [0.5, 0.6) is 17.2 Å². The normalized spacial score (nSPS) is 11.0. The van der Waals surface area contributed by atoms with Gasteiger partial charge in [-0.25, -0.2) is 13.8 Å². The molecule has 0 aliphatic heterocycles. The highest BCUT2D eigenvalue weighted by molar-refractivity contribution is 7.93. The van der Waals surface area contributed by atoms with Crippen LogP contribution < -0.4 is 29.3 Å². The molecule has 0 atom stereocenters. The first-order valence-corrected chi connectivity index (χ1v) is 15.4. The van der Waals surface area contributed by atoms with Crippen molar-refractivity contribution < 1.29 is 37.1 Å². The minimum absolute atomic E-state index is 0.0343. The van der Waals surface area contributed by atoms with Gasteiger partial charge in [-0.15, -0.1) is 0 Å². The van der Waals surface area contributed by atoms with Crippen LogP contribution in [0.2, 0.25) is 5.02 Å². The average molecular weight is 682 g/mol. The van der Waals surface area contributed by atoms with E-state index in [0.717, 1.165) is 12.1 Å². The summed E-state index contributed by atoms with van der Waals surface area (Å²) < 4.78 is 44.4. The van der Waals surface area contributed by atoms with E-state index in [9.17, 15) is 28.1 Å². The predicted molar refractivity (Wildman–Crippen MR) is 175 cm³/mol. The molecular weight excluding hydrogens is 654 g/mol. The van der Waals surface area contributed by atoms with Gasteiger partial charge in [-0.05, 0) is 66.2 Å². The standard InChI is InChI=1S/C31H28ClN5O9S/c1-44-25-14-15-26(28(17-25)45-2)36(47(42,43)29-9-4-3-8-27(29)37(40)41)19-30(38)35-33-18-21-10-12-24(13-11-21)46-20-31(39)34-23-7-5-6-22(32)16-23/h3-18H,19-20H2,1-2H3,(H,34,39)(H,35,38)/b33-18-. The number of para-hydroxylation sites is 1. The van der Waals surface area contributed by atoms with Gasteiger partial charge in [-0.2, -0.15) is 5.10 Å². The first-order chi connectivity index (χ1) is 22.5. The van der Waals surface area contributed by atoms with Gasteiger partial charge in [0.2, 0.25) is 0 Å². The van der Waals surface area contributed by atoms with Crippen molar-refractivity contribution in [2.24, 2.45) is 5.10 Å². The van der Waals surface area contributed by atoms with Crippen molar-refractivity contribution in [3.05, 3.63) is 112 Å². The van der Waals surface area contributed by atoms with Gasteiger partial charge in [0.25, 0.3) is 27.5 Å². The molecule has 0 radical (unpaired) electrons. The molecule has 0 saturated heterocycles. The van der Waals surface area contributed by atoms with Crippen molar-refractivity contribution >= 4 is 56.7 Å². The van der Waals surface area contributed by atoms with Crippen molar-refractivity contribution in [2.45, 2.75) is 4.90 Å². The fourth-order valence-corrected chi connectivity index (χ4v) is 5.92. The number of methoxy groups -OCH3 is 2. The predicted octanol–water partition coefficient (Wildman–Crippen LogP) is 4.63. The minimum Gasteiger partial charge on any atom is -0.497 e. The average Bonchev–Trinajstić information content (AvgIpc) is 3.06. The Labute approximate surface area is 274 Å². The monoisotopic (exact) mass is 681 g/mol. The van der Waals surface area contributed by atoms with Crippen molar-refractivity contribution in [3.63, 3.8) is 0 Å². The summed E-state index contributed by atoms with van der Waals surface area (Å²) in [6.45, 7) is -1.06. The third kappa shape index (κ3) is 8.96. The van der Waals surface area contributed by atoms with Gasteiger partial charge in [0, 0.05) is 22.8 Å². The topological polar surface area (TPSA) is 179 Å². The van der Waals surface area contributed by atoms with Crippen molar-refractivity contribution in [1.29, 1.82) is 0 Å². The third-order valence-electron chi connectivity index (χ3n) is 6.33. The van der Waals surface area contributed by atoms with Crippen LogP contribution >= 0.6 is 11.6 Å². The molecule has 244 valence electrons. The van der Waals surface area contributed by atoms with Gasteiger partial charge in [0.15, 0.2) is 11.5 Å². The van der Waals surface area contributed by atoms with E-state index in [0.29, 0.717) is 32.1 Å². The van der Waals surface area contributed by atoms with Crippen molar-refractivity contribution in [2.75, 3.05) is 37.0 Å². The molecule has 0 heterocycles. The molecule has 0 unspecified atom stereocenters. The number of ether oxygens (including phenoxy) is 3. The number of nitrogens with zero attached hydrogens (tertiary/aromatic N) is 3. The van der Waals surface area contributed by atoms with Gasteiger partial charge >= 0.3 is 0 Å². The molecule has 4 aromatic rings. The lowest BCUT2D eigenvalue weighted by Crippen LogP contribution is -2.40. The molecule has 2 amide bonds. The summed E-state index contributed by atoms with van der Waals surface area (Å²) in [4.78, 5) is 35.4. The van der Waals surface area contributed by atoms with E-state index < -0.39 is 38.0 Å². The van der Waals surface area contributed by atoms with Crippen LogP contribution in [0.4, 0.5) is 17.1 Å². The number of nitro benzene ring substituents is 1. The zero-order valence-corrected chi connectivity index (χ0v) is 26.5. The molecule has 0 aliphatic carbocycles. The second-order valence-electron chi connectivity index (χ2n) is 9.48. The lowest BCUT2D eigenvalue weighted by molar-refractivity contribution is -0.387. The molecule has 4 rings (SSSR count). The van der Waals surface area contributed by atoms with Crippen LogP contribution in [-0.2, 0) is 19.6 Å². The molecule has 4 aromatic carbocycles. The number of nitrogens with one attached hydrogen (secondary N) is 2. The van der Waals surface area contributed by atoms with E-state index in [4.69, 9.17) is 25.8 Å². The number of hydrogen-bond donors (Lipinski definition) is 2. The van der Waals surface area contributed by atoms with E-state index in [1.165, 1.54) is 50.8 Å². The molecule has 47 heavy (non-hydrogen) atoms. The van der Waals surface area contributed by atoms with Crippen LogP contribution in [0, 0.1) is 10.1 Å². The highest BCUT2D eigenvalue weighted by Crippen LogP contribution is 2.37. The van der Waals surface area contributed by atoms with Crippen molar-refractivity contribution in [1.82, 2.24) is 5.43 Å². The molecule has 0 fully saturated rings. The Kier molecular flexibility index (Phi) is 11.3. The second kappa shape index (κ2) is 15.6. The number of benzene rings is 4. The first-order valence-electron chi connectivity index (χ1n) is 13.6. The van der Waals surface area contributed by atoms with E-state index in [-0.39, 0.29) is 24.0 Å². The molecule has 0 aromatic heterocycles. The lowest BCUT2D eigenvalue weighted by atomic mass is 10.2. The summed E-state index contributed by atoms with van der Waals surface area (Å²) in [5.74, 6) is -0.457. The first kappa shape index (κ1) is 34.2. The highest BCUT2D eigenvalue weighted by atomic mass is 35.5. The zero-order valence-electron chi connectivity index (χ0n) is 25.0. The number of carbonyl (C=O) groups is 2. The van der Waals surface area contributed by atoms with Gasteiger partial charge in [-0.3, -0.25) is 24.0 Å². The Balaban J connectivity index is 1.45. The molecule has 14 nitrogen and oxygen atoms in total. The minimum atomic E-state index is -4.68. The highest BCUT2D eigenvalue weighted by Gasteiger charge is 2.34. The zero-order chi connectivity index (χ0) is 34.0. The van der Waals surface area contributed by atoms with Crippen LogP contribution in [0.3, 0.4) is 0 Å². The summed E-state index contributed by atoms with van der Waals surface area (Å²) in [5.41, 5.74) is 2.61. The number of halogens is 1. The number of rotatable bonds is 14. The summed E-state index contributed by atoms with van der Waals surface area (Å²) in [5, 5.41) is 18.7. The Morgan fingerprint density at radius 1 is 0.936 bits per heavy atom. The molecular formula is C31H28ClN5O9S. The quantitative estimate of drug-likeness (QED) is 0.109. The number of hydrazone groups is 1. The van der Waals surface area contributed by atoms with E-state index >= 15 is 0 Å². The number of anilines is 2. The Hall–Kier alpha value is -5.67. The molecule has 2 N–H and O–H groups in total. The molecule has 0 bridgehead atoms. The van der Waals surface area contributed by atoms with Gasteiger partial charge < -0.3 is 19.5 Å². The Bertz CT molecular complexity index is 1900. The molecule has 0 saturated carbocycles. The number of carbonyl (C=O) groups excluding carboxylic acids is 2. The van der Waals surface area contributed by atoms with E-state index in [2.05, 4.69) is 15.8 Å². The fourth-order valence-electron chi connectivity index (χ4n) is 4.14. The second-order valence-corrected chi connectivity index (χ2v) is 11.8. The van der Waals surface area contributed by atoms with Crippen LogP contribution in [0.15, 0.2) is 101 Å². The van der Waals surface area contributed by atoms with Gasteiger partial charge in [-0.1, -0.05) is 29.8 Å². The lowest BCUT2D eigenvalue weighted by Gasteiger charge is -2.25. The maximum absolute atomic E-state index is 13.8. The van der Waals surface area contributed by atoms with Crippen molar-refractivity contribution in [3.8, 4) is 17.2 Å². The Morgan fingerprint density at radius 2 is 1.66 bits per heavy atom. The largest absolute Gasteiger partial charge is 0.497 e. The van der Waals surface area contributed by atoms with Gasteiger partial charge in [0.1, 0.15) is 23.8 Å².